The predicted octanol–water partition coefficient (Wildman–Crippen LogP) is 3.27. The minimum atomic E-state index is -0.889. The molecule has 3 rings (SSSR count). The molecule has 1 fully saturated rings. The maximum Gasteiger partial charge on any atom is 0.335 e. The number of aromatic carboxylic acids is 1. The van der Waals surface area contributed by atoms with Crippen LogP contribution in [-0.4, -0.2) is 29.8 Å². The molecule has 1 aliphatic heterocycles. The lowest BCUT2D eigenvalue weighted by Crippen LogP contribution is -2.50. The molecule has 4 nitrogen and oxygen atoms in total. The fourth-order valence-electron chi connectivity index (χ4n) is 3.22. The van der Waals surface area contributed by atoms with Gasteiger partial charge in [-0.1, -0.05) is 42.5 Å². The highest BCUT2D eigenvalue weighted by atomic mass is 16.5. The minimum absolute atomic E-state index is 0.0328. The molecule has 0 saturated carbocycles. The lowest BCUT2D eigenvalue weighted by Gasteiger charge is -2.38. The molecule has 24 heavy (non-hydrogen) atoms. The van der Waals surface area contributed by atoms with Gasteiger partial charge in [-0.05, 0) is 42.5 Å². The van der Waals surface area contributed by atoms with Gasteiger partial charge in [0, 0.05) is 25.3 Å². The van der Waals surface area contributed by atoms with Crippen LogP contribution in [0.3, 0.4) is 0 Å². The van der Waals surface area contributed by atoms with Gasteiger partial charge in [-0.15, -0.1) is 0 Å². The fraction of sp³-hybridized carbons (Fsp3) is 0.350. The molecule has 2 N–H and O–H groups in total. The average Bonchev–Trinajstić information content (AvgIpc) is 2.62. The van der Waals surface area contributed by atoms with Crippen LogP contribution in [-0.2, 0) is 17.7 Å². The number of hydrogen-bond acceptors (Lipinski definition) is 3. The number of nitrogens with one attached hydrogen (secondary N) is 1. The largest absolute Gasteiger partial charge is 0.478 e. The summed E-state index contributed by atoms with van der Waals surface area (Å²) in [5, 5.41) is 12.7. The fourth-order valence-corrected chi connectivity index (χ4v) is 3.22. The van der Waals surface area contributed by atoms with Gasteiger partial charge in [-0.25, -0.2) is 4.79 Å². The van der Waals surface area contributed by atoms with E-state index in [4.69, 9.17) is 9.84 Å². The number of carboxylic acid groups (broad SMARTS) is 1. The maximum atomic E-state index is 10.9. The van der Waals surface area contributed by atoms with Gasteiger partial charge in [0.05, 0.1) is 5.56 Å². The highest BCUT2D eigenvalue weighted by Gasteiger charge is 2.32. The monoisotopic (exact) mass is 325 g/mol. The number of carboxylic acids is 1. The van der Waals surface area contributed by atoms with Crippen molar-refractivity contribution in [3.8, 4) is 0 Å². The molecule has 0 amide bonds. The second-order valence-corrected chi connectivity index (χ2v) is 6.41. The summed E-state index contributed by atoms with van der Waals surface area (Å²) >= 11 is 0. The lowest BCUT2D eigenvalue weighted by molar-refractivity contribution is 0.0373. The highest BCUT2D eigenvalue weighted by Crippen LogP contribution is 2.26. The number of ether oxygens (including phenoxy) is 1. The smallest absolute Gasteiger partial charge is 0.335 e. The van der Waals surface area contributed by atoms with Gasteiger partial charge >= 0.3 is 5.97 Å². The van der Waals surface area contributed by atoms with Gasteiger partial charge in [0.2, 0.25) is 0 Å². The topological polar surface area (TPSA) is 58.6 Å². The number of benzene rings is 2. The van der Waals surface area contributed by atoms with Crippen molar-refractivity contribution in [1.29, 1.82) is 0 Å². The molecule has 1 aliphatic rings. The molecule has 1 saturated heterocycles. The number of rotatable bonds is 6. The van der Waals surface area contributed by atoms with Crippen LogP contribution in [0.25, 0.3) is 0 Å². The average molecular weight is 325 g/mol. The molecule has 2 aromatic carbocycles. The van der Waals surface area contributed by atoms with Gasteiger partial charge in [0.15, 0.2) is 0 Å². The molecular formula is C20H23NO3. The Morgan fingerprint density at radius 3 is 2.29 bits per heavy atom. The van der Waals surface area contributed by atoms with Crippen LogP contribution >= 0.6 is 0 Å². The van der Waals surface area contributed by atoms with E-state index < -0.39 is 5.97 Å². The summed E-state index contributed by atoms with van der Waals surface area (Å²) in [6, 6.07) is 17.6. The second kappa shape index (κ2) is 7.60. The Labute approximate surface area is 142 Å². The van der Waals surface area contributed by atoms with Crippen molar-refractivity contribution >= 4 is 5.97 Å². The molecular weight excluding hydrogens is 302 g/mol. The van der Waals surface area contributed by atoms with Gasteiger partial charge in [0.25, 0.3) is 0 Å². The van der Waals surface area contributed by atoms with Crippen molar-refractivity contribution in [2.24, 2.45) is 0 Å². The van der Waals surface area contributed by atoms with Crippen molar-refractivity contribution in [3.05, 3.63) is 71.3 Å². The Hall–Kier alpha value is -2.17. The van der Waals surface area contributed by atoms with E-state index in [9.17, 15) is 4.79 Å². The van der Waals surface area contributed by atoms with E-state index in [1.807, 2.05) is 18.2 Å². The molecule has 0 aromatic heterocycles. The van der Waals surface area contributed by atoms with Crippen molar-refractivity contribution in [2.45, 2.75) is 31.3 Å². The Bertz CT molecular complexity index is 661. The van der Waals surface area contributed by atoms with Crippen molar-refractivity contribution in [3.63, 3.8) is 0 Å². The lowest BCUT2D eigenvalue weighted by atomic mass is 9.83. The highest BCUT2D eigenvalue weighted by molar-refractivity contribution is 5.87. The van der Waals surface area contributed by atoms with E-state index in [1.54, 1.807) is 12.1 Å². The number of hydrogen-bond donors (Lipinski definition) is 2. The van der Waals surface area contributed by atoms with Crippen molar-refractivity contribution in [2.75, 3.05) is 13.2 Å². The predicted molar refractivity (Wildman–Crippen MR) is 93.2 cm³/mol. The van der Waals surface area contributed by atoms with E-state index in [2.05, 4.69) is 29.6 Å². The molecule has 0 unspecified atom stereocenters. The van der Waals surface area contributed by atoms with Gasteiger partial charge in [-0.2, -0.15) is 0 Å². The zero-order valence-corrected chi connectivity index (χ0v) is 13.7. The van der Waals surface area contributed by atoms with Crippen LogP contribution in [0.4, 0.5) is 0 Å². The quantitative estimate of drug-likeness (QED) is 0.856. The minimum Gasteiger partial charge on any atom is -0.478 e. The molecule has 0 aliphatic carbocycles. The Balaban J connectivity index is 1.69. The molecule has 0 radical (unpaired) electrons. The first kappa shape index (κ1) is 16.7. The SMILES string of the molecule is O=C(O)c1ccc(CNC2(Cc3ccccc3)CCOCC2)cc1. The molecule has 4 heteroatoms. The third-order valence-electron chi connectivity index (χ3n) is 4.70. The summed E-state index contributed by atoms with van der Waals surface area (Å²) in [7, 11) is 0. The van der Waals surface area contributed by atoms with Crippen molar-refractivity contribution in [1.82, 2.24) is 5.32 Å². The van der Waals surface area contributed by atoms with Crippen LogP contribution in [0.2, 0.25) is 0 Å². The van der Waals surface area contributed by atoms with E-state index in [-0.39, 0.29) is 5.54 Å². The zero-order chi connectivity index (χ0) is 16.8. The summed E-state index contributed by atoms with van der Waals surface area (Å²) in [6.45, 7) is 2.28. The van der Waals surface area contributed by atoms with Crippen LogP contribution in [0.1, 0.15) is 34.3 Å². The van der Waals surface area contributed by atoms with Crippen molar-refractivity contribution < 1.29 is 14.6 Å². The van der Waals surface area contributed by atoms with E-state index >= 15 is 0 Å². The van der Waals surface area contributed by atoms with Gasteiger partial charge in [-0.3, -0.25) is 0 Å². The first-order chi connectivity index (χ1) is 11.7. The summed E-state index contributed by atoms with van der Waals surface area (Å²) < 4.78 is 5.55. The molecule has 0 atom stereocenters. The second-order valence-electron chi connectivity index (χ2n) is 6.41. The van der Waals surface area contributed by atoms with Gasteiger partial charge < -0.3 is 15.2 Å². The van der Waals surface area contributed by atoms with Crippen LogP contribution < -0.4 is 5.32 Å². The standard InChI is InChI=1S/C20H23NO3/c22-19(23)18-8-6-17(7-9-18)15-21-20(10-12-24-13-11-20)14-16-4-2-1-3-5-16/h1-9,21H,10-15H2,(H,22,23). The number of carbonyl (C=O) groups is 1. The molecule has 126 valence electrons. The summed E-state index contributed by atoms with van der Waals surface area (Å²) in [5.41, 5.74) is 2.78. The third kappa shape index (κ3) is 4.22. The Morgan fingerprint density at radius 2 is 1.67 bits per heavy atom. The summed E-state index contributed by atoms with van der Waals surface area (Å²) in [6.07, 6.45) is 2.94. The van der Waals surface area contributed by atoms with E-state index in [1.165, 1.54) is 5.56 Å². The Kier molecular flexibility index (Phi) is 5.28. The Morgan fingerprint density at radius 1 is 1.00 bits per heavy atom. The molecule has 0 spiro atoms. The normalized spacial score (nSPS) is 16.7. The summed E-state index contributed by atoms with van der Waals surface area (Å²) in [4.78, 5) is 10.9. The zero-order valence-electron chi connectivity index (χ0n) is 13.7. The third-order valence-corrected chi connectivity index (χ3v) is 4.70. The first-order valence-electron chi connectivity index (χ1n) is 8.36. The van der Waals surface area contributed by atoms with Gasteiger partial charge in [0.1, 0.15) is 0 Å². The molecule has 2 aromatic rings. The summed E-state index contributed by atoms with van der Waals surface area (Å²) in [5.74, 6) is -0.889. The molecule has 1 heterocycles. The van der Waals surface area contributed by atoms with E-state index in [0.29, 0.717) is 5.56 Å². The van der Waals surface area contributed by atoms with Crippen LogP contribution in [0.15, 0.2) is 54.6 Å². The first-order valence-corrected chi connectivity index (χ1v) is 8.36. The van der Waals surface area contributed by atoms with Crippen LogP contribution in [0.5, 0.6) is 0 Å². The maximum absolute atomic E-state index is 10.9. The van der Waals surface area contributed by atoms with Crippen LogP contribution in [0, 0.1) is 0 Å². The molecule has 0 bridgehead atoms. The van der Waals surface area contributed by atoms with E-state index in [0.717, 1.165) is 44.6 Å².